The van der Waals surface area contributed by atoms with E-state index in [0.29, 0.717) is 45.9 Å². The molecule has 0 aliphatic carbocycles. The monoisotopic (exact) mass is 388 g/mol. The van der Waals surface area contributed by atoms with E-state index in [0.717, 1.165) is 4.47 Å². The van der Waals surface area contributed by atoms with Crippen LogP contribution in [0.1, 0.15) is 17.2 Å². The van der Waals surface area contributed by atoms with Crippen LogP contribution in [0.25, 0.3) is 0 Å². The molecule has 110 valence electrons. The molecule has 0 aromatic heterocycles. The summed E-state index contributed by atoms with van der Waals surface area (Å²) in [4.78, 5) is 0. The molecule has 1 aliphatic heterocycles. The number of benzene rings is 2. The Morgan fingerprint density at radius 3 is 2.33 bits per heavy atom. The lowest BCUT2D eigenvalue weighted by molar-refractivity contribution is 0.169. The third kappa shape index (κ3) is 2.99. The van der Waals surface area contributed by atoms with Crippen LogP contribution in [0.5, 0.6) is 11.5 Å². The molecule has 2 aromatic carbocycles. The van der Waals surface area contributed by atoms with Gasteiger partial charge in [0.05, 0.1) is 10.0 Å². The number of fused-ring (bicyclic) bond motifs is 1. The molecule has 1 unspecified atom stereocenters. The van der Waals surface area contributed by atoms with Gasteiger partial charge in [0.1, 0.15) is 19.3 Å². The predicted molar refractivity (Wildman–Crippen MR) is 85.7 cm³/mol. The molecule has 0 radical (unpaired) electrons. The highest BCUT2D eigenvalue weighted by atomic mass is 79.9. The van der Waals surface area contributed by atoms with Crippen LogP contribution < -0.4 is 9.47 Å². The van der Waals surface area contributed by atoms with Gasteiger partial charge in [-0.25, -0.2) is 0 Å². The third-order valence-corrected chi connectivity index (χ3v) is 4.78. The maximum atomic E-state index is 10.5. The van der Waals surface area contributed by atoms with Crippen LogP contribution in [0.3, 0.4) is 0 Å². The van der Waals surface area contributed by atoms with Gasteiger partial charge in [-0.05, 0) is 39.7 Å². The molecule has 0 amide bonds. The van der Waals surface area contributed by atoms with Gasteiger partial charge in [0.15, 0.2) is 11.5 Å². The molecule has 1 N–H and O–H groups in total. The van der Waals surface area contributed by atoms with E-state index in [1.165, 1.54) is 0 Å². The second-order valence-electron chi connectivity index (χ2n) is 4.59. The van der Waals surface area contributed by atoms with Crippen molar-refractivity contribution in [3.63, 3.8) is 0 Å². The van der Waals surface area contributed by atoms with Crippen LogP contribution in [0.4, 0.5) is 0 Å². The fraction of sp³-hybridized carbons (Fsp3) is 0.200. The molecule has 2 aromatic rings. The standard InChI is InChI=1S/C15H11BrCl2O3/c16-10-2-1-8(5-12(10)18)15(19)9-6-13-14(7-11(9)17)21-4-3-20-13/h1-2,5-7,15,19H,3-4H2. The van der Waals surface area contributed by atoms with Gasteiger partial charge >= 0.3 is 0 Å². The molecule has 0 spiro atoms. The fourth-order valence-corrected chi connectivity index (χ4v) is 2.84. The van der Waals surface area contributed by atoms with E-state index in [-0.39, 0.29) is 0 Å². The minimum absolute atomic E-state index is 0.422. The van der Waals surface area contributed by atoms with Crippen LogP contribution in [0.2, 0.25) is 10.0 Å². The number of halogens is 3. The van der Waals surface area contributed by atoms with E-state index in [9.17, 15) is 5.11 Å². The predicted octanol–water partition coefficient (Wildman–Crippen LogP) is 4.61. The average molecular weight is 390 g/mol. The van der Waals surface area contributed by atoms with Gasteiger partial charge in [-0.3, -0.25) is 0 Å². The number of rotatable bonds is 2. The molecule has 0 bridgehead atoms. The highest BCUT2D eigenvalue weighted by Crippen LogP contribution is 2.40. The molecule has 3 nitrogen and oxygen atoms in total. The van der Waals surface area contributed by atoms with E-state index in [4.69, 9.17) is 32.7 Å². The van der Waals surface area contributed by atoms with Crippen molar-refractivity contribution in [2.75, 3.05) is 13.2 Å². The quantitative estimate of drug-likeness (QED) is 0.815. The second-order valence-corrected chi connectivity index (χ2v) is 6.26. The number of ether oxygens (including phenoxy) is 2. The Hall–Kier alpha value is -0.940. The second kappa shape index (κ2) is 6.05. The maximum absolute atomic E-state index is 10.5. The Kier molecular flexibility index (Phi) is 4.31. The third-order valence-electron chi connectivity index (χ3n) is 3.22. The van der Waals surface area contributed by atoms with E-state index in [1.54, 1.807) is 30.3 Å². The Labute approximate surface area is 140 Å². The fourth-order valence-electron chi connectivity index (χ4n) is 2.15. The van der Waals surface area contributed by atoms with Gasteiger partial charge in [-0.1, -0.05) is 29.3 Å². The highest BCUT2D eigenvalue weighted by Gasteiger charge is 2.20. The molecule has 1 heterocycles. The summed E-state index contributed by atoms with van der Waals surface area (Å²) in [6, 6.07) is 8.64. The van der Waals surface area contributed by atoms with Gasteiger partial charge in [0, 0.05) is 16.1 Å². The zero-order valence-electron chi connectivity index (χ0n) is 10.8. The van der Waals surface area contributed by atoms with E-state index < -0.39 is 6.10 Å². The molecule has 0 saturated heterocycles. The van der Waals surface area contributed by atoms with Crippen molar-refractivity contribution in [1.82, 2.24) is 0 Å². The smallest absolute Gasteiger partial charge is 0.162 e. The first-order valence-corrected chi connectivity index (χ1v) is 7.83. The number of hydrogen-bond donors (Lipinski definition) is 1. The Morgan fingerprint density at radius 1 is 1.00 bits per heavy atom. The van der Waals surface area contributed by atoms with Crippen molar-refractivity contribution in [3.8, 4) is 11.5 Å². The Bertz CT molecular complexity index is 691. The number of aliphatic hydroxyl groups is 1. The van der Waals surface area contributed by atoms with Crippen molar-refractivity contribution in [2.45, 2.75) is 6.10 Å². The molecule has 6 heteroatoms. The summed E-state index contributed by atoms with van der Waals surface area (Å²) in [5, 5.41) is 11.5. The van der Waals surface area contributed by atoms with E-state index in [2.05, 4.69) is 15.9 Å². The van der Waals surface area contributed by atoms with Gasteiger partial charge in [-0.2, -0.15) is 0 Å². The maximum Gasteiger partial charge on any atom is 0.162 e. The zero-order valence-corrected chi connectivity index (χ0v) is 13.9. The lowest BCUT2D eigenvalue weighted by atomic mass is 10.0. The number of aliphatic hydroxyl groups excluding tert-OH is 1. The summed E-state index contributed by atoms with van der Waals surface area (Å²) in [5.41, 5.74) is 1.21. The van der Waals surface area contributed by atoms with Crippen molar-refractivity contribution >= 4 is 39.1 Å². The lowest BCUT2D eigenvalue weighted by Gasteiger charge is -2.21. The summed E-state index contributed by atoms with van der Waals surface area (Å²) >= 11 is 15.6. The molecule has 0 fully saturated rings. The summed E-state index contributed by atoms with van der Waals surface area (Å²) in [5.74, 6) is 1.18. The molecule has 3 rings (SSSR count). The first kappa shape index (κ1) is 15.0. The van der Waals surface area contributed by atoms with Crippen LogP contribution >= 0.6 is 39.1 Å². The first-order valence-electron chi connectivity index (χ1n) is 6.28. The first-order chi connectivity index (χ1) is 10.1. The Balaban J connectivity index is 2.00. The minimum Gasteiger partial charge on any atom is -0.486 e. The van der Waals surface area contributed by atoms with E-state index in [1.807, 2.05) is 0 Å². The van der Waals surface area contributed by atoms with Crippen LogP contribution in [-0.2, 0) is 0 Å². The van der Waals surface area contributed by atoms with Gasteiger partial charge in [0.25, 0.3) is 0 Å². The highest BCUT2D eigenvalue weighted by molar-refractivity contribution is 9.10. The van der Waals surface area contributed by atoms with Crippen molar-refractivity contribution in [2.24, 2.45) is 0 Å². The minimum atomic E-state index is -0.890. The summed E-state index contributed by atoms with van der Waals surface area (Å²) in [7, 11) is 0. The van der Waals surface area contributed by atoms with Crippen molar-refractivity contribution in [1.29, 1.82) is 0 Å². The SMILES string of the molecule is OC(c1ccc(Br)c(Cl)c1)c1cc2c(cc1Cl)OCCO2. The van der Waals surface area contributed by atoms with Gasteiger partial charge < -0.3 is 14.6 Å². The van der Waals surface area contributed by atoms with E-state index >= 15 is 0 Å². The van der Waals surface area contributed by atoms with Crippen LogP contribution in [-0.4, -0.2) is 18.3 Å². The number of hydrogen-bond acceptors (Lipinski definition) is 3. The Morgan fingerprint density at radius 2 is 1.67 bits per heavy atom. The normalized spacial score (nSPS) is 14.9. The van der Waals surface area contributed by atoms with Crippen molar-refractivity contribution < 1.29 is 14.6 Å². The largest absolute Gasteiger partial charge is 0.486 e. The molecular weight excluding hydrogens is 379 g/mol. The van der Waals surface area contributed by atoms with Gasteiger partial charge in [0.2, 0.25) is 0 Å². The molecule has 0 saturated carbocycles. The molecule has 21 heavy (non-hydrogen) atoms. The van der Waals surface area contributed by atoms with Crippen LogP contribution in [0.15, 0.2) is 34.8 Å². The van der Waals surface area contributed by atoms with Crippen LogP contribution in [0, 0.1) is 0 Å². The topological polar surface area (TPSA) is 38.7 Å². The average Bonchev–Trinajstić information content (AvgIpc) is 2.48. The zero-order chi connectivity index (χ0) is 15.0. The summed E-state index contributed by atoms with van der Waals surface area (Å²) in [6.45, 7) is 0.974. The summed E-state index contributed by atoms with van der Waals surface area (Å²) in [6.07, 6.45) is -0.890. The van der Waals surface area contributed by atoms with Gasteiger partial charge in [-0.15, -0.1) is 0 Å². The molecule has 1 aliphatic rings. The lowest BCUT2D eigenvalue weighted by Crippen LogP contribution is -2.16. The molecule has 1 atom stereocenters. The summed E-state index contributed by atoms with van der Waals surface area (Å²) < 4.78 is 11.8. The van der Waals surface area contributed by atoms with Crippen molar-refractivity contribution in [3.05, 3.63) is 56.0 Å². The molecular formula is C15H11BrCl2O3.